The molecule has 0 aliphatic heterocycles. The fourth-order valence-corrected chi connectivity index (χ4v) is 1.42. The number of rotatable bonds is 5. The van der Waals surface area contributed by atoms with E-state index < -0.39 is 12.1 Å². The zero-order valence-electron chi connectivity index (χ0n) is 9.43. The van der Waals surface area contributed by atoms with E-state index in [0.29, 0.717) is 17.0 Å². The number of benzene rings is 1. The normalized spacial score (nSPS) is 11.9. The van der Waals surface area contributed by atoms with E-state index in [-0.39, 0.29) is 0 Å². The van der Waals surface area contributed by atoms with Crippen molar-refractivity contribution in [2.75, 3.05) is 21.3 Å². The van der Waals surface area contributed by atoms with Crippen LogP contribution in [0.2, 0.25) is 0 Å². The van der Waals surface area contributed by atoms with Gasteiger partial charge in [-0.25, -0.2) is 4.79 Å². The van der Waals surface area contributed by atoms with E-state index in [4.69, 9.17) is 14.6 Å². The lowest BCUT2D eigenvalue weighted by Gasteiger charge is -2.21. The molecule has 1 N–H and O–H groups in total. The molecule has 0 bridgehead atoms. The molecule has 0 spiro atoms. The average Bonchev–Trinajstić information content (AvgIpc) is 2.29. The molecule has 1 aromatic carbocycles. The topological polar surface area (TPSA) is 69.9 Å². The molecule has 0 aliphatic carbocycles. The van der Waals surface area contributed by atoms with Gasteiger partial charge in [0.1, 0.15) is 5.75 Å². The summed E-state index contributed by atoms with van der Waals surface area (Å²) in [6.07, 6.45) is -0.980. The molecule has 0 saturated heterocycles. The zero-order valence-corrected chi connectivity index (χ0v) is 9.43. The Bertz CT molecular complexity index is 378. The van der Waals surface area contributed by atoms with E-state index in [2.05, 4.69) is 5.32 Å². The Kier molecular flexibility index (Phi) is 4.13. The van der Waals surface area contributed by atoms with Gasteiger partial charge >= 0.3 is 5.97 Å². The van der Waals surface area contributed by atoms with Crippen molar-refractivity contribution in [3.05, 3.63) is 29.1 Å². The summed E-state index contributed by atoms with van der Waals surface area (Å²) in [5, 5.41) is 12.9. The van der Waals surface area contributed by atoms with Crippen molar-refractivity contribution in [3.63, 3.8) is 0 Å². The number of ether oxygens (including phenoxy) is 2. The molecule has 16 heavy (non-hydrogen) atoms. The molecular weight excluding hydrogens is 210 g/mol. The minimum absolute atomic E-state index is 0.538. The Morgan fingerprint density at radius 2 is 2.12 bits per heavy atom. The van der Waals surface area contributed by atoms with E-state index in [1.54, 1.807) is 25.2 Å². The number of carboxylic acid groups (broad SMARTS) is 1. The van der Waals surface area contributed by atoms with Gasteiger partial charge in [0.2, 0.25) is 0 Å². The van der Waals surface area contributed by atoms with E-state index in [1.807, 2.05) is 0 Å². The molecule has 1 atom stereocenters. The van der Waals surface area contributed by atoms with Crippen LogP contribution < -0.4 is 4.74 Å². The Morgan fingerprint density at radius 1 is 1.44 bits per heavy atom. The van der Waals surface area contributed by atoms with Crippen LogP contribution in [0.1, 0.15) is 11.7 Å². The quantitative estimate of drug-likeness (QED) is 0.831. The second-order valence-corrected chi connectivity index (χ2v) is 3.11. The van der Waals surface area contributed by atoms with Crippen LogP contribution in [0, 0.1) is 0 Å². The summed E-state index contributed by atoms with van der Waals surface area (Å²) >= 11 is 0. The van der Waals surface area contributed by atoms with Gasteiger partial charge in [-0.1, -0.05) is 17.8 Å². The summed E-state index contributed by atoms with van der Waals surface area (Å²) in [5.41, 5.74) is 1.14. The fourth-order valence-electron chi connectivity index (χ4n) is 1.42. The van der Waals surface area contributed by atoms with Gasteiger partial charge in [-0.3, -0.25) is 0 Å². The standard InChI is InChI=1S/C11H14NO4/c1-12-8-6-7(4-5-9(8)15-2)10(16-3)11(13)14/h4-6,10H,1-3H3,(H,13,14)/q-1. The highest BCUT2D eigenvalue weighted by Crippen LogP contribution is 2.33. The van der Waals surface area contributed by atoms with Crippen molar-refractivity contribution < 1.29 is 19.4 Å². The molecule has 1 rings (SSSR count). The summed E-state index contributed by atoms with van der Waals surface area (Å²) in [5.74, 6) is -0.429. The molecule has 0 radical (unpaired) electrons. The van der Waals surface area contributed by atoms with Crippen LogP contribution in [0.25, 0.3) is 5.32 Å². The van der Waals surface area contributed by atoms with Crippen molar-refractivity contribution in [3.8, 4) is 5.75 Å². The molecule has 5 nitrogen and oxygen atoms in total. The highest BCUT2D eigenvalue weighted by atomic mass is 16.5. The van der Waals surface area contributed by atoms with Crippen molar-refractivity contribution in [1.29, 1.82) is 0 Å². The van der Waals surface area contributed by atoms with Gasteiger partial charge in [0.15, 0.2) is 6.10 Å². The van der Waals surface area contributed by atoms with Gasteiger partial charge in [-0.2, -0.15) is 0 Å². The summed E-state index contributed by atoms with van der Waals surface area (Å²) < 4.78 is 9.97. The maximum Gasteiger partial charge on any atom is 0.337 e. The SMILES string of the molecule is C[N-]c1cc(C(OC)C(=O)O)ccc1OC. The molecule has 1 unspecified atom stereocenters. The van der Waals surface area contributed by atoms with Gasteiger partial charge in [0.25, 0.3) is 0 Å². The maximum absolute atomic E-state index is 10.9. The summed E-state index contributed by atoms with van der Waals surface area (Å²) in [4.78, 5) is 10.9. The molecule has 0 heterocycles. The molecule has 0 aliphatic rings. The smallest absolute Gasteiger partial charge is 0.337 e. The number of methoxy groups -OCH3 is 2. The predicted octanol–water partition coefficient (Wildman–Crippen LogP) is 2.10. The molecule has 1 aromatic rings. The van der Waals surface area contributed by atoms with E-state index in [1.165, 1.54) is 14.2 Å². The Morgan fingerprint density at radius 3 is 2.56 bits per heavy atom. The van der Waals surface area contributed by atoms with Crippen molar-refractivity contribution in [1.82, 2.24) is 0 Å². The first kappa shape index (κ1) is 12.3. The molecule has 5 heteroatoms. The van der Waals surface area contributed by atoms with Gasteiger partial charge in [-0.15, -0.1) is 7.05 Å². The van der Waals surface area contributed by atoms with E-state index >= 15 is 0 Å². The van der Waals surface area contributed by atoms with Crippen LogP contribution in [0.15, 0.2) is 18.2 Å². The number of aliphatic carboxylic acids is 1. The first-order valence-corrected chi connectivity index (χ1v) is 4.67. The second kappa shape index (κ2) is 5.37. The van der Waals surface area contributed by atoms with Gasteiger partial charge < -0.3 is 19.9 Å². The number of carboxylic acids is 1. The van der Waals surface area contributed by atoms with Crippen molar-refractivity contribution in [2.45, 2.75) is 6.10 Å². The molecule has 0 fully saturated rings. The largest absolute Gasteiger partial charge is 0.684 e. The Hall–Kier alpha value is -1.75. The third-order valence-corrected chi connectivity index (χ3v) is 2.21. The highest BCUT2D eigenvalue weighted by molar-refractivity contribution is 5.76. The molecule has 0 saturated carbocycles. The average molecular weight is 224 g/mol. The van der Waals surface area contributed by atoms with Gasteiger partial charge in [-0.05, 0) is 11.6 Å². The van der Waals surface area contributed by atoms with Crippen LogP contribution in [-0.4, -0.2) is 32.3 Å². The van der Waals surface area contributed by atoms with Gasteiger partial charge in [0.05, 0.1) is 7.11 Å². The number of nitrogens with zero attached hydrogens (tertiary/aromatic N) is 1. The summed E-state index contributed by atoms with van der Waals surface area (Å²) in [6, 6.07) is 4.96. The first-order chi connectivity index (χ1) is 7.63. The highest BCUT2D eigenvalue weighted by Gasteiger charge is 2.18. The predicted molar refractivity (Wildman–Crippen MR) is 59.3 cm³/mol. The molecule has 0 aromatic heterocycles. The van der Waals surface area contributed by atoms with Crippen LogP contribution in [-0.2, 0) is 9.53 Å². The molecule has 88 valence electrons. The lowest BCUT2D eigenvalue weighted by atomic mass is 10.1. The van der Waals surface area contributed by atoms with E-state index in [0.717, 1.165) is 0 Å². The number of hydrogen-bond donors (Lipinski definition) is 1. The maximum atomic E-state index is 10.9. The fraction of sp³-hybridized carbons (Fsp3) is 0.364. The second-order valence-electron chi connectivity index (χ2n) is 3.11. The summed E-state index contributed by atoms with van der Waals surface area (Å²) in [7, 11) is 4.50. The molecular formula is C11H14NO4-. The van der Waals surface area contributed by atoms with Crippen LogP contribution in [0.4, 0.5) is 5.69 Å². The summed E-state index contributed by atoms with van der Waals surface area (Å²) in [6.45, 7) is 0. The third-order valence-electron chi connectivity index (χ3n) is 2.21. The lowest BCUT2D eigenvalue weighted by molar-refractivity contribution is -0.148. The minimum Gasteiger partial charge on any atom is -0.684 e. The Labute approximate surface area is 94.0 Å². The van der Waals surface area contributed by atoms with E-state index in [9.17, 15) is 4.79 Å². The van der Waals surface area contributed by atoms with Crippen LogP contribution in [0.3, 0.4) is 0 Å². The first-order valence-electron chi connectivity index (χ1n) is 4.67. The number of hydrogen-bond acceptors (Lipinski definition) is 3. The van der Waals surface area contributed by atoms with Crippen molar-refractivity contribution >= 4 is 11.7 Å². The van der Waals surface area contributed by atoms with Gasteiger partial charge in [0, 0.05) is 7.11 Å². The Balaban J connectivity index is 3.11. The van der Waals surface area contributed by atoms with Crippen LogP contribution in [0.5, 0.6) is 5.75 Å². The minimum atomic E-state index is -1.03. The molecule has 0 amide bonds. The lowest BCUT2D eigenvalue weighted by Crippen LogP contribution is -2.13. The van der Waals surface area contributed by atoms with Crippen molar-refractivity contribution in [2.24, 2.45) is 0 Å². The third kappa shape index (κ3) is 2.43. The monoisotopic (exact) mass is 224 g/mol. The number of carbonyl (C=O) groups is 1. The van der Waals surface area contributed by atoms with Crippen LogP contribution >= 0.6 is 0 Å². The zero-order chi connectivity index (χ0) is 12.1.